The Morgan fingerprint density at radius 2 is 1.71 bits per heavy atom. The van der Waals surface area contributed by atoms with Crippen LogP contribution in [-0.2, 0) is 9.84 Å². The number of aromatic hydroxyl groups is 1. The van der Waals surface area contributed by atoms with Crippen molar-refractivity contribution >= 4 is 9.84 Å². The Labute approximate surface area is 100 Å². The number of hydrogen-bond acceptors (Lipinski definition) is 3. The second-order valence-corrected chi connectivity index (χ2v) is 5.83. The van der Waals surface area contributed by atoms with Crippen molar-refractivity contribution in [3.8, 4) is 16.9 Å². The first kappa shape index (κ1) is 11.7. The zero-order valence-electron chi connectivity index (χ0n) is 9.29. The van der Waals surface area contributed by atoms with E-state index >= 15 is 0 Å². The van der Waals surface area contributed by atoms with Gasteiger partial charge in [-0.15, -0.1) is 0 Å². The van der Waals surface area contributed by atoms with Crippen molar-refractivity contribution in [2.24, 2.45) is 0 Å². The van der Waals surface area contributed by atoms with E-state index in [0.717, 1.165) is 6.26 Å². The molecule has 0 amide bonds. The Bertz CT molecular complexity index is 645. The minimum Gasteiger partial charge on any atom is -0.507 e. The van der Waals surface area contributed by atoms with Crippen LogP contribution in [0.3, 0.4) is 0 Å². The van der Waals surface area contributed by atoms with E-state index in [-0.39, 0.29) is 10.6 Å². The van der Waals surface area contributed by atoms with Gasteiger partial charge in [-0.25, -0.2) is 8.42 Å². The lowest BCUT2D eigenvalue weighted by Crippen LogP contribution is -1.96. The summed E-state index contributed by atoms with van der Waals surface area (Å²) in [5.41, 5.74) is 1.31. The van der Waals surface area contributed by atoms with Crippen LogP contribution in [0.25, 0.3) is 11.1 Å². The van der Waals surface area contributed by atoms with Gasteiger partial charge in [-0.1, -0.05) is 30.3 Å². The summed E-state index contributed by atoms with van der Waals surface area (Å²) in [6.07, 6.45) is 1.16. The van der Waals surface area contributed by atoms with Crippen molar-refractivity contribution in [3.05, 3.63) is 48.5 Å². The molecule has 0 saturated heterocycles. The second kappa shape index (κ2) is 4.22. The van der Waals surface area contributed by atoms with Gasteiger partial charge in [0, 0.05) is 11.8 Å². The van der Waals surface area contributed by atoms with Crippen LogP contribution in [0.2, 0.25) is 0 Å². The van der Waals surface area contributed by atoms with Crippen LogP contribution in [0.1, 0.15) is 0 Å². The number of phenolic OH excluding ortho intramolecular Hbond substituents is 1. The summed E-state index contributed by atoms with van der Waals surface area (Å²) in [6, 6.07) is 13.4. The van der Waals surface area contributed by atoms with Crippen molar-refractivity contribution in [2.45, 2.75) is 4.90 Å². The molecule has 2 aromatic rings. The maximum atomic E-state index is 11.4. The molecule has 0 aliphatic rings. The van der Waals surface area contributed by atoms with Crippen LogP contribution in [0.5, 0.6) is 5.75 Å². The maximum Gasteiger partial charge on any atom is 0.175 e. The lowest BCUT2D eigenvalue weighted by molar-refractivity contribution is 0.477. The lowest BCUT2D eigenvalue weighted by atomic mass is 10.1. The molecular formula is C13H12O3S. The molecule has 0 heterocycles. The fourth-order valence-corrected chi connectivity index (χ4v) is 2.28. The predicted octanol–water partition coefficient (Wildman–Crippen LogP) is 2.46. The number of rotatable bonds is 2. The summed E-state index contributed by atoms with van der Waals surface area (Å²) in [5.74, 6) is 0.137. The first-order chi connectivity index (χ1) is 7.98. The highest BCUT2D eigenvalue weighted by atomic mass is 32.2. The van der Waals surface area contributed by atoms with Gasteiger partial charge < -0.3 is 5.11 Å². The first-order valence-corrected chi connectivity index (χ1v) is 6.96. The molecule has 0 fully saturated rings. The summed E-state index contributed by atoms with van der Waals surface area (Å²) in [4.78, 5) is 0.248. The highest BCUT2D eigenvalue weighted by Gasteiger charge is 2.09. The van der Waals surface area contributed by atoms with Gasteiger partial charge in [0.15, 0.2) is 9.84 Å². The van der Waals surface area contributed by atoms with Gasteiger partial charge in [0.1, 0.15) is 5.75 Å². The van der Waals surface area contributed by atoms with Crippen LogP contribution in [0.15, 0.2) is 53.4 Å². The normalized spacial score (nSPS) is 11.4. The van der Waals surface area contributed by atoms with Gasteiger partial charge in [-0.05, 0) is 23.8 Å². The average molecular weight is 248 g/mol. The van der Waals surface area contributed by atoms with Crippen LogP contribution in [0.4, 0.5) is 0 Å². The minimum absolute atomic E-state index is 0.137. The van der Waals surface area contributed by atoms with E-state index in [1.54, 1.807) is 48.5 Å². The topological polar surface area (TPSA) is 54.4 Å². The molecule has 0 atom stereocenters. The van der Waals surface area contributed by atoms with E-state index in [2.05, 4.69) is 0 Å². The van der Waals surface area contributed by atoms with Gasteiger partial charge in [0.25, 0.3) is 0 Å². The summed E-state index contributed by atoms with van der Waals surface area (Å²) in [7, 11) is -3.23. The van der Waals surface area contributed by atoms with Crippen molar-refractivity contribution in [1.82, 2.24) is 0 Å². The van der Waals surface area contributed by atoms with Crippen molar-refractivity contribution in [3.63, 3.8) is 0 Å². The van der Waals surface area contributed by atoms with E-state index in [0.29, 0.717) is 11.1 Å². The van der Waals surface area contributed by atoms with Gasteiger partial charge in [-0.2, -0.15) is 0 Å². The molecule has 0 unspecified atom stereocenters. The Kier molecular flexibility index (Phi) is 2.90. The monoisotopic (exact) mass is 248 g/mol. The molecule has 0 radical (unpaired) electrons. The van der Waals surface area contributed by atoms with Gasteiger partial charge >= 0.3 is 0 Å². The Balaban J connectivity index is 2.59. The SMILES string of the molecule is CS(=O)(=O)c1cccc(-c2ccccc2O)c1. The molecule has 88 valence electrons. The maximum absolute atomic E-state index is 11.4. The van der Waals surface area contributed by atoms with Crippen LogP contribution >= 0.6 is 0 Å². The third kappa shape index (κ3) is 2.47. The van der Waals surface area contributed by atoms with Crippen LogP contribution < -0.4 is 0 Å². The molecule has 0 bridgehead atoms. The van der Waals surface area contributed by atoms with E-state index < -0.39 is 9.84 Å². The molecule has 0 spiro atoms. The molecule has 2 aromatic carbocycles. The molecule has 17 heavy (non-hydrogen) atoms. The number of para-hydroxylation sites is 1. The van der Waals surface area contributed by atoms with Gasteiger partial charge in [-0.3, -0.25) is 0 Å². The van der Waals surface area contributed by atoms with Crippen LogP contribution in [0, 0.1) is 0 Å². The largest absolute Gasteiger partial charge is 0.507 e. The average Bonchev–Trinajstić information content (AvgIpc) is 2.29. The molecule has 0 aliphatic carbocycles. The van der Waals surface area contributed by atoms with Crippen molar-refractivity contribution < 1.29 is 13.5 Å². The minimum atomic E-state index is -3.23. The molecular weight excluding hydrogens is 236 g/mol. The van der Waals surface area contributed by atoms with Crippen LogP contribution in [-0.4, -0.2) is 19.8 Å². The zero-order chi connectivity index (χ0) is 12.5. The van der Waals surface area contributed by atoms with E-state index in [9.17, 15) is 13.5 Å². The summed E-state index contributed by atoms with van der Waals surface area (Å²) < 4.78 is 22.9. The second-order valence-electron chi connectivity index (χ2n) is 3.82. The number of sulfone groups is 1. The van der Waals surface area contributed by atoms with E-state index in [1.807, 2.05) is 0 Å². The smallest absolute Gasteiger partial charge is 0.175 e. The first-order valence-electron chi connectivity index (χ1n) is 5.07. The third-order valence-corrected chi connectivity index (χ3v) is 3.59. The standard InChI is InChI=1S/C13H12O3S/c1-17(15,16)11-6-4-5-10(9-11)12-7-2-3-8-13(12)14/h2-9,14H,1H3. The molecule has 0 aromatic heterocycles. The Morgan fingerprint density at radius 1 is 1.00 bits per heavy atom. The van der Waals surface area contributed by atoms with Crippen molar-refractivity contribution in [2.75, 3.05) is 6.26 Å². The lowest BCUT2D eigenvalue weighted by Gasteiger charge is -2.06. The van der Waals surface area contributed by atoms with Gasteiger partial charge in [0.05, 0.1) is 4.90 Å². The predicted molar refractivity (Wildman–Crippen MR) is 66.7 cm³/mol. The molecule has 3 nitrogen and oxygen atoms in total. The molecule has 1 N–H and O–H groups in total. The Hall–Kier alpha value is -1.81. The number of phenols is 1. The summed E-state index contributed by atoms with van der Waals surface area (Å²) in [6.45, 7) is 0. The highest BCUT2D eigenvalue weighted by molar-refractivity contribution is 7.90. The van der Waals surface area contributed by atoms with Crippen molar-refractivity contribution in [1.29, 1.82) is 0 Å². The van der Waals surface area contributed by atoms with E-state index in [4.69, 9.17) is 0 Å². The highest BCUT2D eigenvalue weighted by Crippen LogP contribution is 2.29. The molecule has 0 saturated carbocycles. The quantitative estimate of drug-likeness (QED) is 0.888. The fraction of sp³-hybridized carbons (Fsp3) is 0.0769. The molecule has 0 aliphatic heterocycles. The number of benzene rings is 2. The van der Waals surface area contributed by atoms with Gasteiger partial charge in [0.2, 0.25) is 0 Å². The summed E-state index contributed by atoms with van der Waals surface area (Å²) >= 11 is 0. The summed E-state index contributed by atoms with van der Waals surface area (Å²) in [5, 5.41) is 9.71. The molecule has 2 rings (SSSR count). The third-order valence-electron chi connectivity index (χ3n) is 2.48. The Morgan fingerprint density at radius 3 is 2.35 bits per heavy atom. The molecule has 4 heteroatoms. The fourth-order valence-electron chi connectivity index (χ4n) is 1.61. The van der Waals surface area contributed by atoms with E-state index in [1.165, 1.54) is 0 Å². The zero-order valence-corrected chi connectivity index (χ0v) is 10.1. The number of hydrogen-bond donors (Lipinski definition) is 1.